The van der Waals surface area contributed by atoms with Crippen molar-refractivity contribution in [3.8, 4) is 0 Å². The zero-order valence-corrected chi connectivity index (χ0v) is 9.64. The maximum Gasteiger partial charge on any atom is 0.0717 e. The van der Waals surface area contributed by atoms with Crippen LogP contribution >= 0.6 is 0 Å². The minimum Gasteiger partial charge on any atom is -0.393 e. The molecule has 2 rings (SSSR count). The Kier molecular flexibility index (Phi) is 4.37. The normalized spacial score (nSPS) is 25.6. The minimum absolute atomic E-state index is 0.0981. The summed E-state index contributed by atoms with van der Waals surface area (Å²) in [6.07, 6.45) is 4.12. The van der Waals surface area contributed by atoms with Crippen molar-refractivity contribution in [2.75, 3.05) is 6.61 Å². The van der Waals surface area contributed by atoms with Gasteiger partial charge in [0.15, 0.2) is 0 Å². The van der Waals surface area contributed by atoms with E-state index in [1.54, 1.807) is 0 Å². The highest BCUT2D eigenvalue weighted by molar-refractivity contribution is 5.13. The first-order chi connectivity index (χ1) is 7.84. The van der Waals surface area contributed by atoms with Crippen LogP contribution in [-0.2, 0) is 11.3 Å². The van der Waals surface area contributed by atoms with Gasteiger partial charge in [0.2, 0.25) is 0 Å². The van der Waals surface area contributed by atoms with Gasteiger partial charge in [-0.15, -0.1) is 0 Å². The predicted octanol–water partition coefficient (Wildman–Crippen LogP) is 2.75. The molecule has 2 heteroatoms. The molecule has 1 aromatic carbocycles. The fourth-order valence-electron chi connectivity index (χ4n) is 2.33. The second-order valence-electron chi connectivity index (χ2n) is 4.69. The Hall–Kier alpha value is -0.860. The number of ether oxygens (including phenoxy) is 1. The van der Waals surface area contributed by atoms with Gasteiger partial charge < -0.3 is 9.84 Å². The number of benzene rings is 1. The van der Waals surface area contributed by atoms with Gasteiger partial charge in [0.25, 0.3) is 0 Å². The lowest BCUT2D eigenvalue weighted by Gasteiger charge is -2.25. The van der Waals surface area contributed by atoms with Gasteiger partial charge in [-0.2, -0.15) is 0 Å². The van der Waals surface area contributed by atoms with Crippen molar-refractivity contribution in [2.45, 2.75) is 38.4 Å². The van der Waals surface area contributed by atoms with E-state index >= 15 is 0 Å². The van der Waals surface area contributed by atoms with E-state index in [1.165, 1.54) is 12.0 Å². The van der Waals surface area contributed by atoms with E-state index < -0.39 is 0 Å². The van der Waals surface area contributed by atoms with Crippen molar-refractivity contribution in [3.05, 3.63) is 35.9 Å². The molecule has 0 bridgehead atoms. The van der Waals surface area contributed by atoms with E-state index in [9.17, 15) is 5.11 Å². The zero-order chi connectivity index (χ0) is 11.2. The van der Waals surface area contributed by atoms with Crippen molar-refractivity contribution in [3.63, 3.8) is 0 Å². The molecule has 2 nitrogen and oxygen atoms in total. The van der Waals surface area contributed by atoms with Crippen LogP contribution in [0.5, 0.6) is 0 Å². The highest BCUT2D eigenvalue weighted by atomic mass is 16.5. The Balaban J connectivity index is 1.68. The summed E-state index contributed by atoms with van der Waals surface area (Å²) in [6.45, 7) is 1.47. The van der Waals surface area contributed by atoms with Crippen molar-refractivity contribution < 1.29 is 9.84 Å². The van der Waals surface area contributed by atoms with Crippen molar-refractivity contribution >= 4 is 0 Å². The van der Waals surface area contributed by atoms with Crippen LogP contribution in [-0.4, -0.2) is 17.8 Å². The third-order valence-electron chi connectivity index (χ3n) is 3.22. The van der Waals surface area contributed by atoms with Crippen LogP contribution in [0.1, 0.15) is 31.2 Å². The molecule has 0 amide bonds. The smallest absolute Gasteiger partial charge is 0.0717 e. The first kappa shape index (κ1) is 11.6. The first-order valence-electron chi connectivity index (χ1n) is 6.14. The molecule has 2 atom stereocenters. The Morgan fingerprint density at radius 1 is 1.19 bits per heavy atom. The third-order valence-corrected chi connectivity index (χ3v) is 3.22. The summed E-state index contributed by atoms with van der Waals surface area (Å²) in [4.78, 5) is 0. The van der Waals surface area contributed by atoms with Crippen molar-refractivity contribution in [1.29, 1.82) is 0 Å². The van der Waals surface area contributed by atoms with Gasteiger partial charge in [-0.25, -0.2) is 0 Å². The summed E-state index contributed by atoms with van der Waals surface area (Å²) in [5, 5.41) is 9.54. The number of aliphatic hydroxyl groups excluding tert-OH is 1. The number of hydrogen-bond donors (Lipinski definition) is 1. The second-order valence-corrected chi connectivity index (χ2v) is 4.69. The van der Waals surface area contributed by atoms with E-state index in [4.69, 9.17) is 4.74 Å². The third kappa shape index (κ3) is 3.62. The van der Waals surface area contributed by atoms with Gasteiger partial charge in [0.05, 0.1) is 12.7 Å². The van der Waals surface area contributed by atoms with Gasteiger partial charge in [0.1, 0.15) is 0 Å². The largest absolute Gasteiger partial charge is 0.393 e. The molecule has 1 N–H and O–H groups in total. The van der Waals surface area contributed by atoms with Gasteiger partial charge in [-0.05, 0) is 30.7 Å². The average molecular weight is 220 g/mol. The highest BCUT2D eigenvalue weighted by Crippen LogP contribution is 2.24. The van der Waals surface area contributed by atoms with Crippen LogP contribution in [0.2, 0.25) is 0 Å². The van der Waals surface area contributed by atoms with Gasteiger partial charge >= 0.3 is 0 Å². The average Bonchev–Trinajstić information content (AvgIpc) is 2.30. The summed E-state index contributed by atoms with van der Waals surface area (Å²) >= 11 is 0. The molecule has 1 aliphatic carbocycles. The standard InChI is InChI=1S/C14H20O2/c15-14-8-4-7-13(9-14)11-16-10-12-5-2-1-3-6-12/h1-3,5-6,13-15H,4,7-11H2/t13-,14-/m1/s1. The Morgan fingerprint density at radius 3 is 2.75 bits per heavy atom. The van der Waals surface area contributed by atoms with Crippen LogP contribution in [0.15, 0.2) is 30.3 Å². The Morgan fingerprint density at radius 2 is 2.00 bits per heavy atom. The summed E-state index contributed by atoms with van der Waals surface area (Å²) < 4.78 is 5.70. The van der Waals surface area contributed by atoms with Crippen LogP contribution in [0.3, 0.4) is 0 Å². The zero-order valence-electron chi connectivity index (χ0n) is 9.64. The molecule has 1 aromatic rings. The summed E-state index contributed by atoms with van der Waals surface area (Å²) in [5.74, 6) is 0.549. The monoisotopic (exact) mass is 220 g/mol. The SMILES string of the molecule is O[C@@H]1CCC[C@@H](COCc2ccccc2)C1. The molecule has 1 fully saturated rings. The summed E-state index contributed by atoms with van der Waals surface area (Å²) in [5.41, 5.74) is 1.22. The van der Waals surface area contributed by atoms with E-state index in [-0.39, 0.29) is 6.10 Å². The van der Waals surface area contributed by atoms with Crippen LogP contribution in [0.4, 0.5) is 0 Å². The number of rotatable bonds is 4. The molecule has 1 aliphatic rings. The first-order valence-corrected chi connectivity index (χ1v) is 6.14. The molecule has 0 unspecified atom stereocenters. The summed E-state index contributed by atoms with van der Waals surface area (Å²) in [6, 6.07) is 10.2. The fourth-order valence-corrected chi connectivity index (χ4v) is 2.33. The molecule has 0 spiro atoms. The molecule has 88 valence electrons. The molecule has 1 saturated carbocycles. The number of hydrogen-bond acceptors (Lipinski definition) is 2. The highest BCUT2D eigenvalue weighted by Gasteiger charge is 2.19. The Labute approximate surface area is 97.3 Å². The van der Waals surface area contributed by atoms with E-state index in [2.05, 4.69) is 12.1 Å². The predicted molar refractivity (Wildman–Crippen MR) is 64.1 cm³/mol. The molecule has 0 saturated heterocycles. The molecular formula is C14H20O2. The lowest BCUT2D eigenvalue weighted by Crippen LogP contribution is -2.22. The van der Waals surface area contributed by atoms with Gasteiger partial charge in [-0.3, -0.25) is 0 Å². The molecule has 0 radical (unpaired) electrons. The van der Waals surface area contributed by atoms with Crippen molar-refractivity contribution in [1.82, 2.24) is 0 Å². The molecule has 0 heterocycles. The second kappa shape index (κ2) is 6.02. The van der Waals surface area contributed by atoms with Crippen LogP contribution in [0.25, 0.3) is 0 Å². The lowest BCUT2D eigenvalue weighted by atomic mass is 9.88. The van der Waals surface area contributed by atoms with Crippen LogP contribution in [0, 0.1) is 5.92 Å². The van der Waals surface area contributed by atoms with Gasteiger partial charge in [-0.1, -0.05) is 36.8 Å². The molecule has 0 aromatic heterocycles. The van der Waals surface area contributed by atoms with Crippen LogP contribution < -0.4 is 0 Å². The lowest BCUT2D eigenvalue weighted by molar-refractivity contribution is 0.0349. The quantitative estimate of drug-likeness (QED) is 0.845. The summed E-state index contributed by atoms with van der Waals surface area (Å²) in [7, 11) is 0. The minimum atomic E-state index is -0.0981. The number of aliphatic hydroxyl groups is 1. The van der Waals surface area contributed by atoms with E-state index in [1.807, 2.05) is 18.2 Å². The van der Waals surface area contributed by atoms with Gasteiger partial charge in [0, 0.05) is 6.61 Å². The molecule has 16 heavy (non-hydrogen) atoms. The maximum atomic E-state index is 9.54. The van der Waals surface area contributed by atoms with E-state index in [0.717, 1.165) is 25.9 Å². The maximum absolute atomic E-state index is 9.54. The fraction of sp³-hybridized carbons (Fsp3) is 0.571. The topological polar surface area (TPSA) is 29.5 Å². The van der Waals surface area contributed by atoms with Crippen molar-refractivity contribution in [2.24, 2.45) is 5.92 Å². The molecule has 0 aliphatic heterocycles. The molecular weight excluding hydrogens is 200 g/mol. The van der Waals surface area contributed by atoms with E-state index in [0.29, 0.717) is 12.5 Å². The Bertz CT molecular complexity index is 297.